The van der Waals surface area contributed by atoms with Crippen LogP contribution in [0.15, 0.2) is 76.8 Å². The minimum atomic E-state index is -0.512. The summed E-state index contributed by atoms with van der Waals surface area (Å²) in [5.41, 5.74) is 1.78. The van der Waals surface area contributed by atoms with Crippen molar-refractivity contribution in [2.45, 2.75) is 19.9 Å². The maximum atomic E-state index is 13.1. The lowest BCUT2D eigenvalue weighted by Crippen LogP contribution is -2.27. The third-order valence-corrected chi connectivity index (χ3v) is 5.85. The Bertz CT molecular complexity index is 1320. The molecule has 0 saturated carbocycles. The van der Waals surface area contributed by atoms with E-state index in [1.54, 1.807) is 19.1 Å². The van der Waals surface area contributed by atoms with Crippen molar-refractivity contribution in [3.8, 4) is 17.6 Å². The highest BCUT2D eigenvalue weighted by Crippen LogP contribution is 2.35. The average molecular weight is 566 g/mol. The first-order valence-corrected chi connectivity index (χ1v) is 12.2. The molecule has 3 aromatic rings. The number of nitriles is 1. The molecular formula is C28H25BrFN3O4. The van der Waals surface area contributed by atoms with Crippen molar-refractivity contribution < 1.29 is 23.5 Å². The molecule has 7 nitrogen and oxygen atoms in total. The zero-order valence-electron chi connectivity index (χ0n) is 20.3. The predicted octanol–water partition coefficient (Wildman–Crippen LogP) is 5.79. The van der Waals surface area contributed by atoms with E-state index in [1.807, 2.05) is 43.3 Å². The molecule has 9 heteroatoms. The molecule has 3 rings (SSSR count). The number of amides is 2. The van der Waals surface area contributed by atoms with Crippen LogP contribution >= 0.6 is 15.9 Å². The number of ether oxygens (including phenoxy) is 2. The summed E-state index contributed by atoms with van der Waals surface area (Å²) in [5.74, 6) is -0.730. The Labute approximate surface area is 223 Å². The molecular weight excluding hydrogens is 541 g/mol. The number of carbonyl (C=O) groups is 2. The van der Waals surface area contributed by atoms with Crippen LogP contribution in [0.2, 0.25) is 0 Å². The zero-order valence-corrected chi connectivity index (χ0v) is 21.8. The Kier molecular flexibility index (Phi) is 9.81. The lowest BCUT2D eigenvalue weighted by atomic mass is 10.1. The standard InChI is InChI=1S/C28H25BrFN3O4/c1-3-36-25-14-20(13-21(16-31)28(35)32-18(2)19-7-5-4-6-8-19)24(29)15-26(25)37-17-27(34)33-23-11-9-22(30)10-12-23/h4-15,18H,3,17H2,1-2H3,(H,32,35)(H,33,34)/b21-13-/t18-/m0/s1. The lowest BCUT2D eigenvalue weighted by molar-refractivity contribution is -0.118. The van der Waals surface area contributed by atoms with Crippen molar-refractivity contribution in [1.82, 2.24) is 5.32 Å². The molecule has 0 aliphatic heterocycles. The number of hydrogen-bond donors (Lipinski definition) is 2. The third-order valence-electron chi connectivity index (χ3n) is 5.16. The monoisotopic (exact) mass is 565 g/mol. The Hall–Kier alpha value is -4.16. The molecule has 2 amide bonds. The number of carbonyl (C=O) groups excluding carboxylic acids is 2. The smallest absolute Gasteiger partial charge is 0.262 e. The van der Waals surface area contributed by atoms with Gasteiger partial charge in [0.25, 0.3) is 11.8 Å². The summed E-state index contributed by atoms with van der Waals surface area (Å²) in [6.07, 6.45) is 1.45. The van der Waals surface area contributed by atoms with Gasteiger partial charge in [-0.15, -0.1) is 0 Å². The summed E-state index contributed by atoms with van der Waals surface area (Å²) in [5, 5.41) is 15.1. The molecule has 0 bridgehead atoms. The number of nitrogens with zero attached hydrogens (tertiary/aromatic N) is 1. The summed E-state index contributed by atoms with van der Waals surface area (Å²) in [6.45, 7) is 3.64. The molecule has 3 aromatic carbocycles. The van der Waals surface area contributed by atoms with E-state index in [-0.39, 0.29) is 18.2 Å². The Morgan fingerprint density at radius 1 is 1.08 bits per heavy atom. The molecule has 0 spiro atoms. The van der Waals surface area contributed by atoms with E-state index >= 15 is 0 Å². The van der Waals surface area contributed by atoms with Crippen LogP contribution in [0.3, 0.4) is 0 Å². The maximum Gasteiger partial charge on any atom is 0.262 e. The second-order valence-electron chi connectivity index (χ2n) is 7.87. The van der Waals surface area contributed by atoms with E-state index in [4.69, 9.17) is 9.47 Å². The second kappa shape index (κ2) is 13.2. The Morgan fingerprint density at radius 3 is 2.41 bits per heavy atom. The van der Waals surface area contributed by atoms with Crippen LogP contribution < -0.4 is 20.1 Å². The normalized spacial score (nSPS) is 11.7. The van der Waals surface area contributed by atoms with Crippen molar-refractivity contribution in [1.29, 1.82) is 5.26 Å². The van der Waals surface area contributed by atoms with E-state index < -0.39 is 17.6 Å². The van der Waals surface area contributed by atoms with E-state index in [0.29, 0.717) is 33.8 Å². The molecule has 190 valence electrons. The first-order chi connectivity index (χ1) is 17.8. The second-order valence-corrected chi connectivity index (χ2v) is 8.73. The fourth-order valence-corrected chi connectivity index (χ4v) is 3.76. The molecule has 0 saturated heterocycles. The number of anilines is 1. The highest BCUT2D eigenvalue weighted by Gasteiger charge is 2.17. The quantitative estimate of drug-likeness (QED) is 0.239. The SMILES string of the molecule is CCOc1cc(/C=C(/C#N)C(=O)N[C@@H](C)c2ccccc2)c(Br)cc1OCC(=O)Nc1ccc(F)cc1. The molecule has 2 N–H and O–H groups in total. The number of hydrogen-bond acceptors (Lipinski definition) is 5. The highest BCUT2D eigenvalue weighted by molar-refractivity contribution is 9.10. The number of rotatable bonds is 10. The molecule has 0 aliphatic rings. The van der Waals surface area contributed by atoms with E-state index in [9.17, 15) is 19.2 Å². The van der Waals surface area contributed by atoms with Gasteiger partial charge in [0.05, 0.1) is 12.6 Å². The van der Waals surface area contributed by atoms with Gasteiger partial charge in [-0.3, -0.25) is 9.59 Å². The van der Waals surface area contributed by atoms with Crippen molar-refractivity contribution in [3.05, 3.63) is 93.7 Å². The van der Waals surface area contributed by atoms with Crippen LogP contribution in [0.1, 0.15) is 31.0 Å². The van der Waals surface area contributed by atoms with Gasteiger partial charge in [-0.05, 0) is 67.4 Å². The summed E-state index contributed by atoms with van der Waals surface area (Å²) in [7, 11) is 0. The maximum absolute atomic E-state index is 13.1. The van der Waals surface area contributed by atoms with Gasteiger partial charge in [-0.2, -0.15) is 5.26 Å². The van der Waals surface area contributed by atoms with Crippen molar-refractivity contribution in [3.63, 3.8) is 0 Å². The van der Waals surface area contributed by atoms with Gasteiger partial charge >= 0.3 is 0 Å². The van der Waals surface area contributed by atoms with Crippen LogP contribution in [0, 0.1) is 17.1 Å². The van der Waals surface area contributed by atoms with Crippen molar-refractivity contribution in [2.24, 2.45) is 0 Å². The number of halogens is 2. The van der Waals surface area contributed by atoms with Crippen LogP contribution in [0.5, 0.6) is 11.5 Å². The highest BCUT2D eigenvalue weighted by atomic mass is 79.9. The summed E-state index contributed by atoms with van der Waals surface area (Å²) in [6, 6.07) is 19.7. The van der Waals surface area contributed by atoms with Gasteiger partial charge in [-0.1, -0.05) is 46.3 Å². The first-order valence-electron chi connectivity index (χ1n) is 11.4. The van der Waals surface area contributed by atoms with Gasteiger partial charge < -0.3 is 20.1 Å². The lowest BCUT2D eigenvalue weighted by Gasteiger charge is -2.15. The molecule has 0 aromatic heterocycles. The minimum Gasteiger partial charge on any atom is -0.490 e. The third kappa shape index (κ3) is 7.92. The summed E-state index contributed by atoms with van der Waals surface area (Å²) in [4.78, 5) is 25.0. The van der Waals surface area contributed by atoms with Gasteiger partial charge in [-0.25, -0.2) is 4.39 Å². The van der Waals surface area contributed by atoms with E-state index in [0.717, 1.165) is 5.56 Å². The molecule has 0 radical (unpaired) electrons. The van der Waals surface area contributed by atoms with Crippen LogP contribution in [-0.4, -0.2) is 25.0 Å². The van der Waals surface area contributed by atoms with Crippen LogP contribution in [-0.2, 0) is 9.59 Å². The van der Waals surface area contributed by atoms with Gasteiger partial charge in [0.1, 0.15) is 17.5 Å². The van der Waals surface area contributed by atoms with Crippen molar-refractivity contribution >= 4 is 39.5 Å². The van der Waals surface area contributed by atoms with Gasteiger partial charge in [0, 0.05) is 10.2 Å². The fraction of sp³-hybridized carbons (Fsp3) is 0.179. The first kappa shape index (κ1) is 27.4. The Morgan fingerprint density at radius 2 is 1.76 bits per heavy atom. The Balaban J connectivity index is 1.74. The van der Waals surface area contributed by atoms with Crippen LogP contribution in [0.25, 0.3) is 6.08 Å². The molecule has 0 fully saturated rings. The molecule has 0 heterocycles. The van der Waals surface area contributed by atoms with Crippen LogP contribution in [0.4, 0.5) is 10.1 Å². The summed E-state index contributed by atoms with van der Waals surface area (Å²) >= 11 is 3.44. The predicted molar refractivity (Wildman–Crippen MR) is 142 cm³/mol. The number of nitrogens with one attached hydrogen (secondary N) is 2. The largest absolute Gasteiger partial charge is 0.490 e. The van der Waals surface area contributed by atoms with Crippen molar-refractivity contribution in [2.75, 3.05) is 18.5 Å². The van der Waals surface area contributed by atoms with Gasteiger partial charge in [0.15, 0.2) is 18.1 Å². The fourth-order valence-electron chi connectivity index (χ4n) is 3.32. The van der Waals surface area contributed by atoms with E-state index in [1.165, 1.54) is 30.3 Å². The topological polar surface area (TPSA) is 100 Å². The minimum absolute atomic E-state index is 0.0849. The average Bonchev–Trinajstić information content (AvgIpc) is 2.89. The van der Waals surface area contributed by atoms with E-state index in [2.05, 4.69) is 26.6 Å². The van der Waals surface area contributed by atoms with Gasteiger partial charge in [0.2, 0.25) is 0 Å². The molecule has 37 heavy (non-hydrogen) atoms. The molecule has 1 atom stereocenters. The molecule has 0 unspecified atom stereocenters. The summed E-state index contributed by atoms with van der Waals surface area (Å²) < 4.78 is 24.9. The number of benzene rings is 3. The molecule has 0 aliphatic carbocycles. The zero-order chi connectivity index (χ0) is 26.8.